The van der Waals surface area contributed by atoms with E-state index in [0.717, 1.165) is 12.1 Å². The number of nitriles is 1. The molecule has 0 aromatic heterocycles. The van der Waals surface area contributed by atoms with E-state index >= 15 is 0 Å². The molecule has 96 valence electrons. The van der Waals surface area contributed by atoms with Gasteiger partial charge in [-0.1, -0.05) is 0 Å². The first-order valence-corrected chi connectivity index (χ1v) is 5.46. The molecule has 0 heterocycles. The third-order valence-electron chi connectivity index (χ3n) is 2.54. The normalized spacial score (nSPS) is 9.95. The first kappa shape index (κ1) is 12.8. The van der Waals surface area contributed by atoms with Gasteiger partial charge in [0.1, 0.15) is 24.0 Å². The SMILES string of the molecule is N#Cc1ccc(OCc2ccc(F)cc2F)c(N)c1. The zero-order valence-electron chi connectivity index (χ0n) is 9.86. The fourth-order valence-corrected chi connectivity index (χ4v) is 1.54. The molecule has 0 fully saturated rings. The summed E-state index contributed by atoms with van der Waals surface area (Å²) in [4.78, 5) is 0. The van der Waals surface area contributed by atoms with E-state index in [-0.39, 0.29) is 12.2 Å². The molecule has 0 atom stereocenters. The first-order chi connectivity index (χ1) is 9.10. The number of nitrogens with zero attached hydrogens (tertiary/aromatic N) is 1. The lowest BCUT2D eigenvalue weighted by Gasteiger charge is -2.09. The molecule has 0 saturated carbocycles. The number of hydrogen-bond acceptors (Lipinski definition) is 3. The molecule has 2 aromatic carbocycles. The molecule has 3 nitrogen and oxygen atoms in total. The number of benzene rings is 2. The van der Waals surface area contributed by atoms with Gasteiger partial charge >= 0.3 is 0 Å². The molecule has 0 spiro atoms. The number of nitrogen functional groups attached to an aromatic ring is 1. The maximum Gasteiger partial charge on any atom is 0.142 e. The lowest BCUT2D eigenvalue weighted by Crippen LogP contribution is -2.01. The van der Waals surface area contributed by atoms with Crippen molar-refractivity contribution >= 4 is 5.69 Å². The van der Waals surface area contributed by atoms with Crippen LogP contribution in [0.4, 0.5) is 14.5 Å². The average Bonchev–Trinajstić information content (AvgIpc) is 2.39. The van der Waals surface area contributed by atoms with Crippen LogP contribution in [0.15, 0.2) is 36.4 Å². The standard InChI is InChI=1S/C14H10F2N2O/c15-11-3-2-10(12(16)6-11)8-19-14-4-1-9(7-17)5-13(14)18/h1-6H,8,18H2. The van der Waals surface area contributed by atoms with Crippen molar-refractivity contribution in [1.29, 1.82) is 5.26 Å². The Balaban J connectivity index is 2.13. The lowest BCUT2D eigenvalue weighted by atomic mass is 10.2. The minimum absolute atomic E-state index is 0.0672. The molecule has 0 aliphatic heterocycles. The van der Waals surface area contributed by atoms with Crippen molar-refractivity contribution in [3.8, 4) is 11.8 Å². The van der Waals surface area contributed by atoms with Crippen LogP contribution in [0.2, 0.25) is 0 Å². The molecule has 19 heavy (non-hydrogen) atoms. The van der Waals surface area contributed by atoms with Gasteiger partial charge in [-0.2, -0.15) is 5.26 Å². The van der Waals surface area contributed by atoms with Gasteiger partial charge in [0.15, 0.2) is 0 Å². The van der Waals surface area contributed by atoms with Gasteiger partial charge < -0.3 is 10.5 Å². The molecule has 2 N–H and O–H groups in total. The Morgan fingerprint density at radius 2 is 1.95 bits per heavy atom. The van der Waals surface area contributed by atoms with Crippen molar-refractivity contribution in [3.63, 3.8) is 0 Å². The van der Waals surface area contributed by atoms with Gasteiger partial charge in [0, 0.05) is 11.6 Å². The fraction of sp³-hybridized carbons (Fsp3) is 0.0714. The quantitative estimate of drug-likeness (QED) is 0.863. The minimum Gasteiger partial charge on any atom is -0.487 e. The molecule has 0 saturated heterocycles. The van der Waals surface area contributed by atoms with Gasteiger partial charge in [0.25, 0.3) is 0 Å². The van der Waals surface area contributed by atoms with E-state index in [4.69, 9.17) is 15.7 Å². The zero-order valence-corrected chi connectivity index (χ0v) is 9.86. The average molecular weight is 260 g/mol. The Morgan fingerprint density at radius 1 is 1.16 bits per heavy atom. The Labute approximate surface area is 108 Å². The summed E-state index contributed by atoms with van der Waals surface area (Å²) >= 11 is 0. The number of nitrogens with two attached hydrogens (primary N) is 1. The molecule has 0 amide bonds. The van der Waals surface area contributed by atoms with Crippen LogP contribution in [-0.4, -0.2) is 0 Å². The molecule has 2 rings (SSSR count). The summed E-state index contributed by atoms with van der Waals surface area (Å²) in [6.07, 6.45) is 0. The van der Waals surface area contributed by atoms with Gasteiger partial charge in [-0.3, -0.25) is 0 Å². The zero-order chi connectivity index (χ0) is 13.8. The highest BCUT2D eigenvalue weighted by Gasteiger charge is 2.06. The number of hydrogen-bond donors (Lipinski definition) is 1. The van der Waals surface area contributed by atoms with Crippen LogP contribution in [0.5, 0.6) is 5.75 Å². The predicted octanol–water partition coefficient (Wildman–Crippen LogP) is 3.00. The second kappa shape index (κ2) is 5.36. The summed E-state index contributed by atoms with van der Waals surface area (Å²) in [7, 11) is 0. The molecule has 0 aliphatic carbocycles. The van der Waals surface area contributed by atoms with E-state index in [1.54, 1.807) is 6.07 Å². The van der Waals surface area contributed by atoms with Crippen LogP contribution in [0.25, 0.3) is 0 Å². The van der Waals surface area contributed by atoms with Crippen LogP contribution in [-0.2, 0) is 6.61 Å². The number of halogens is 2. The van der Waals surface area contributed by atoms with E-state index < -0.39 is 11.6 Å². The third-order valence-corrected chi connectivity index (χ3v) is 2.54. The van der Waals surface area contributed by atoms with Crippen molar-refractivity contribution < 1.29 is 13.5 Å². The summed E-state index contributed by atoms with van der Waals surface area (Å²) in [5.41, 5.74) is 6.63. The Bertz CT molecular complexity index is 650. The smallest absolute Gasteiger partial charge is 0.142 e. The van der Waals surface area contributed by atoms with Crippen LogP contribution >= 0.6 is 0 Å². The summed E-state index contributed by atoms with van der Waals surface area (Å²) in [6, 6.07) is 9.76. The van der Waals surface area contributed by atoms with E-state index in [9.17, 15) is 8.78 Å². The second-order valence-electron chi connectivity index (χ2n) is 3.89. The van der Waals surface area contributed by atoms with Crippen LogP contribution in [0.1, 0.15) is 11.1 Å². The topological polar surface area (TPSA) is 59.0 Å². The Morgan fingerprint density at radius 3 is 2.58 bits per heavy atom. The van der Waals surface area contributed by atoms with Crippen molar-refractivity contribution in [2.75, 3.05) is 5.73 Å². The van der Waals surface area contributed by atoms with Gasteiger partial charge in [-0.15, -0.1) is 0 Å². The molecule has 0 unspecified atom stereocenters. The molecule has 0 aliphatic rings. The minimum atomic E-state index is -0.674. The molecule has 0 radical (unpaired) electrons. The van der Waals surface area contributed by atoms with Crippen LogP contribution in [0.3, 0.4) is 0 Å². The van der Waals surface area contributed by atoms with Crippen molar-refractivity contribution in [3.05, 3.63) is 59.2 Å². The maximum atomic E-state index is 13.4. The molecule has 2 aromatic rings. The second-order valence-corrected chi connectivity index (χ2v) is 3.89. The highest BCUT2D eigenvalue weighted by Crippen LogP contribution is 2.23. The van der Waals surface area contributed by atoms with Crippen molar-refractivity contribution in [2.45, 2.75) is 6.61 Å². The summed E-state index contributed by atoms with van der Waals surface area (Å²) < 4.78 is 31.5. The van der Waals surface area contributed by atoms with Crippen molar-refractivity contribution in [2.24, 2.45) is 0 Å². The number of ether oxygens (including phenoxy) is 1. The number of anilines is 1. The summed E-state index contributed by atoms with van der Waals surface area (Å²) in [6.45, 7) is -0.0672. The number of rotatable bonds is 3. The predicted molar refractivity (Wildman–Crippen MR) is 66.3 cm³/mol. The third kappa shape index (κ3) is 2.99. The highest BCUT2D eigenvalue weighted by atomic mass is 19.1. The van der Waals surface area contributed by atoms with E-state index in [1.165, 1.54) is 18.2 Å². The Hall–Kier alpha value is -2.61. The van der Waals surface area contributed by atoms with Gasteiger partial charge in [0.2, 0.25) is 0 Å². The fourth-order valence-electron chi connectivity index (χ4n) is 1.54. The molecule has 5 heteroatoms. The lowest BCUT2D eigenvalue weighted by molar-refractivity contribution is 0.301. The van der Waals surface area contributed by atoms with Crippen LogP contribution in [0, 0.1) is 23.0 Å². The van der Waals surface area contributed by atoms with E-state index in [0.29, 0.717) is 17.0 Å². The molecule has 0 bridgehead atoms. The Kier molecular flexibility index (Phi) is 3.62. The first-order valence-electron chi connectivity index (χ1n) is 5.46. The molecular formula is C14H10F2N2O. The monoisotopic (exact) mass is 260 g/mol. The van der Waals surface area contributed by atoms with Gasteiger partial charge in [-0.05, 0) is 30.3 Å². The summed E-state index contributed by atoms with van der Waals surface area (Å²) in [5.74, 6) is -0.964. The highest BCUT2D eigenvalue weighted by molar-refractivity contribution is 5.56. The summed E-state index contributed by atoms with van der Waals surface area (Å²) in [5, 5.41) is 8.69. The van der Waals surface area contributed by atoms with Crippen LogP contribution < -0.4 is 10.5 Å². The van der Waals surface area contributed by atoms with E-state index in [1.807, 2.05) is 6.07 Å². The van der Waals surface area contributed by atoms with Crippen molar-refractivity contribution in [1.82, 2.24) is 0 Å². The van der Waals surface area contributed by atoms with Gasteiger partial charge in [-0.25, -0.2) is 8.78 Å². The maximum absolute atomic E-state index is 13.4. The largest absolute Gasteiger partial charge is 0.487 e. The van der Waals surface area contributed by atoms with Gasteiger partial charge in [0.05, 0.1) is 17.3 Å². The molecular weight excluding hydrogens is 250 g/mol. The van der Waals surface area contributed by atoms with E-state index in [2.05, 4.69) is 0 Å².